The molecule has 1 saturated heterocycles. The van der Waals surface area contributed by atoms with Crippen molar-refractivity contribution in [3.63, 3.8) is 0 Å². The van der Waals surface area contributed by atoms with E-state index >= 15 is 0 Å². The summed E-state index contributed by atoms with van der Waals surface area (Å²) < 4.78 is 5.33. The molecule has 1 aromatic heterocycles. The van der Waals surface area contributed by atoms with Gasteiger partial charge in [0.1, 0.15) is 0 Å². The second kappa shape index (κ2) is 9.80. The van der Waals surface area contributed by atoms with Crippen molar-refractivity contribution < 1.29 is 9.53 Å². The number of amides is 1. The number of morpholine rings is 1. The molecule has 0 unspecified atom stereocenters. The monoisotopic (exact) mass is 390 g/mol. The van der Waals surface area contributed by atoms with Crippen LogP contribution in [0.4, 0.5) is 10.8 Å². The van der Waals surface area contributed by atoms with E-state index in [0.29, 0.717) is 16.4 Å². The molecular weight excluding hydrogens is 371 g/mol. The number of nitrogen functional groups attached to an aromatic ring is 1. The molecule has 1 aromatic carbocycles. The van der Waals surface area contributed by atoms with Crippen molar-refractivity contribution in [1.29, 1.82) is 0 Å². The molecule has 2 heterocycles. The fourth-order valence-corrected chi connectivity index (χ4v) is 2.97. The summed E-state index contributed by atoms with van der Waals surface area (Å²) in [4.78, 5) is 18.9. The number of nitrogens with one attached hydrogen (secondary N) is 1. The molecule has 0 radical (unpaired) electrons. The summed E-state index contributed by atoms with van der Waals surface area (Å²) >= 11 is 1.43. The number of halogens is 2. The van der Waals surface area contributed by atoms with Gasteiger partial charge in [0.05, 0.1) is 18.9 Å². The lowest BCUT2D eigenvalue weighted by atomic mass is 10.2. The lowest BCUT2D eigenvalue weighted by molar-refractivity contribution is 0.0337. The average Bonchev–Trinajstić information content (AvgIpc) is 2.95. The lowest BCUT2D eigenvalue weighted by Crippen LogP contribution is -2.35. The quantitative estimate of drug-likeness (QED) is 0.784. The van der Waals surface area contributed by atoms with Gasteiger partial charge in [-0.25, -0.2) is 4.98 Å². The molecule has 0 saturated carbocycles. The van der Waals surface area contributed by atoms with E-state index in [4.69, 9.17) is 10.5 Å². The molecular formula is C15H20Cl2N4O2S. The molecule has 132 valence electrons. The SMILES string of the molecule is Cl.Cl.Nc1cccc(C(=O)Nc2nc(CN3CCOCC3)cs2)c1. The molecule has 1 fully saturated rings. The third-order valence-corrected chi connectivity index (χ3v) is 4.22. The zero-order chi connectivity index (χ0) is 15.4. The van der Waals surface area contributed by atoms with Gasteiger partial charge in [0, 0.05) is 36.3 Å². The number of rotatable bonds is 4. The van der Waals surface area contributed by atoms with Crippen molar-refractivity contribution in [2.24, 2.45) is 0 Å². The topological polar surface area (TPSA) is 80.5 Å². The van der Waals surface area contributed by atoms with E-state index in [1.807, 2.05) is 5.38 Å². The Balaban J connectivity index is 0.00000144. The summed E-state index contributed by atoms with van der Waals surface area (Å²) in [6.07, 6.45) is 0. The molecule has 1 aliphatic rings. The van der Waals surface area contributed by atoms with Gasteiger partial charge in [-0.3, -0.25) is 15.0 Å². The Labute approximate surface area is 157 Å². The van der Waals surface area contributed by atoms with Crippen LogP contribution in [-0.2, 0) is 11.3 Å². The molecule has 6 nitrogen and oxygen atoms in total. The summed E-state index contributed by atoms with van der Waals surface area (Å²) in [5.74, 6) is -0.195. The number of hydrogen-bond donors (Lipinski definition) is 2. The predicted molar refractivity (Wildman–Crippen MR) is 102 cm³/mol. The van der Waals surface area contributed by atoms with Crippen LogP contribution in [-0.4, -0.2) is 42.1 Å². The van der Waals surface area contributed by atoms with Crippen molar-refractivity contribution in [2.75, 3.05) is 37.4 Å². The van der Waals surface area contributed by atoms with Gasteiger partial charge in [0.15, 0.2) is 5.13 Å². The number of ether oxygens (including phenoxy) is 1. The molecule has 0 atom stereocenters. The fourth-order valence-electron chi connectivity index (χ4n) is 2.27. The van der Waals surface area contributed by atoms with Crippen LogP contribution >= 0.6 is 36.2 Å². The molecule has 3 N–H and O–H groups in total. The van der Waals surface area contributed by atoms with E-state index in [1.54, 1.807) is 24.3 Å². The maximum Gasteiger partial charge on any atom is 0.257 e. The minimum Gasteiger partial charge on any atom is -0.399 e. The highest BCUT2D eigenvalue weighted by molar-refractivity contribution is 7.13. The number of nitrogens with zero attached hydrogens (tertiary/aromatic N) is 2. The van der Waals surface area contributed by atoms with E-state index in [-0.39, 0.29) is 30.7 Å². The van der Waals surface area contributed by atoms with Crippen molar-refractivity contribution in [1.82, 2.24) is 9.88 Å². The maximum absolute atomic E-state index is 12.1. The van der Waals surface area contributed by atoms with Crippen LogP contribution in [0.3, 0.4) is 0 Å². The van der Waals surface area contributed by atoms with E-state index < -0.39 is 0 Å². The average molecular weight is 391 g/mol. The Morgan fingerprint density at radius 2 is 2.08 bits per heavy atom. The highest BCUT2D eigenvalue weighted by Gasteiger charge is 2.14. The Morgan fingerprint density at radius 3 is 2.79 bits per heavy atom. The zero-order valence-electron chi connectivity index (χ0n) is 12.9. The molecule has 2 aromatic rings. The van der Waals surface area contributed by atoms with Gasteiger partial charge >= 0.3 is 0 Å². The summed E-state index contributed by atoms with van der Waals surface area (Å²) in [5.41, 5.74) is 7.76. The Kier molecular flexibility index (Phi) is 8.44. The van der Waals surface area contributed by atoms with Gasteiger partial charge in [-0.05, 0) is 18.2 Å². The first-order chi connectivity index (χ1) is 10.7. The summed E-state index contributed by atoms with van der Waals surface area (Å²) in [6, 6.07) is 6.89. The Hall–Kier alpha value is -1.38. The zero-order valence-corrected chi connectivity index (χ0v) is 15.4. The minimum absolute atomic E-state index is 0. The number of anilines is 2. The van der Waals surface area contributed by atoms with E-state index in [2.05, 4.69) is 15.2 Å². The molecule has 0 spiro atoms. The van der Waals surface area contributed by atoms with E-state index in [9.17, 15) is 4.79 Å². The van der Waals surface area contributed by atoms with Crippen LogP contribution in [0.1, 0.15) is 16.1 Å². The Morgan fingerprint density at radius 1 is 1.33 bits per heavy atom. The first-order valence-corrected chi connectivity index (χ1v) is 8.00. The van der Waals surface area contributed by atoms with Gasteiger partial charge < -0.3 is 10.5 Å². The number of aromatic nitrogens is 1. The van der Waals surface area contributed by atoms with Crippen LogP contribution < -0.4 is 11.1 Å². The van der Waals surface area contributed by atoms with Crippen molar-refractivity contribution in [3.05, 3.63) is 40.9 Å². The highest BCUT2D eigenvalue weighted by atomic mass is 35.5. The first kappa shape index (κ1) is 20.7. The molecule has 0 bridgehead atoms. The van der Waals surface area contributed by atoms with E-state index in [1.165, 1.54) is 11.3 Å². The van der Waals surface area contributed by atoms with Gasteiger partial charge in [-0.15, -0.1) is 36.2 Å². The number of hydrogen-bond acceptors (Lipinski definition) is 6. The third kappa shape index (κ3) is 5.61. The number of carbonyl (C=O) groups excluding carboxylic acids is 1. The maximum atomic E-state index is 12.1. The first-order valence-electron chi connectivity index (χ1n) is 7.12. The minimum atomic E-state index is -0.195. The van der Waals surface area contributed by atoms with Crippen molar-refractivity contribution in [3.8, 4) is 0 Å². The summed E-state index contributed by atoms with van der Waals surface area (Å²) in [7, 11) is 0. The second-order valence-corrected chi connectivity index (χ2v) is 5.97. The molecule has 1 amide bonds. The van der Waals surface area contributed by atoms with Gasteiger partial charge in [-0.1, -0.05) is 6.07 Å². The predicted octanol–water partition coefficient (Wildman–Crippen LogP) is 2.65. The van der Waals surface area contributed by atoms with Crippen LogP contribution in [0.25, 0.3) is 0 Å². The van der Waals surface area contributed by atoms with Crippen LogP contribution in [0.5, 0.6) is 0 Å². The van der Waals surface area contributed by atoms with Gasteiger partial charge in [-0.2, -0.15) is 0 Å². The molecule has 0 aliphatic carbocycles. The molecule has 3 rings (SSSR count). The summed E-state index contributed by atoms with van der Waals surface area (Å²) in [6.45, 7) is 4.16. The molecule has 24 heavy (non-hydrogen) atoms. The lowest BCUT2D eigenvalue weighted by Gasteiger charge is -2.25. The standard InChI is InChI=1S/C15H18N4O2S.2ClH/c16-12-3-1-2-11(8-12)14(20)18-15-17-13(10-22-15)9-19-4-6-21-7-5-19;;/h1-3,8,10H,4-7,9,16H2,(H,17,18,20);2*1H. The number of thiazole rings is 1. The smallest absolute Gasteiger partial charge is 0.257 e. The molecule has 1 aliphatic heterocycles. The van der Waals surface area contributed by atoms with Crippen LogP contribution in [0.2, 0.25) is 0 Å². The number of benzene rings is 1. The number of carbonyl (C=O) groups is 1. The number of nitrogens with two attached hydrogens (primary N) is 1. The molecule has 9 heteroatoms. The normalized spacial score (nSPS) is 14.3. The highest BCUT2D eigenvalue weighted by Crippen LogP contribution is 2.18. The third-order valence-electron chi connectivity index (χ3n) is 3.41. The van der Waals surface area contributed by atoms with Crippen molar-refractivity contribution >= 4 is 52.9 Å². The summed E-state index contributed by atoms with van der Waals surface area (Å²) in [5, 5.41) is 5.40. The Bertz CT molecular complexity index is 662. The van der Waals surface area contributed by atoms with Gasteiger partial charge in [0.25, 0.3) is 5.91 Å². The fraction of sp³-hybridized carbons (Fsp3) is 0.333. The second-order valence-electron chi connectivity index (χ2n) is 5.11. The van der Waals surface area contributed by atoms with Gasteiger partial charge in [0.2, 0.25) is 0 Å². The van der Waals surface area contributed by atoms with E-state index in [0.717, 1.165) is 38.5 Å². The van der Waals surface area contributed by atoms with Crippen LogP contribution in [0, 0.1) is 0 Å². The largest absolute Gasteiger partial charge is 0.399 e. The van der Waals surface area contributed by atoms with Crippen molar-refractivity contribution in [2.45, 2.75) is 6.54 Å². The van der Waals surface area contributed by atoms with Crippen LogP contribution in [0.15, 0.2) is 29.6 Å².